The molecule has 1 heterocycles. The summed E-state index contributed by atoms with van der Waals surface area (Å²) in [6.45, 7) is 7.82. The average molecular weight is 418 g/mol. The third-order valence-corrected chi connectivity index (χ3v) is 6.05. The summed E-state index contributed by atoms with van der Waals surface area (Å²) in [6, 6.07) is 4.66. The second-order valence-electron chi connectivity index (χ2n) is 9.17. The summed E-state index contributed by atoms with van der Waals surface area (Å²) in [4.78, 5) is 17.5. The van der Waals surface area contributed by atoms with Gasteiger partial charge in [0.05, 0.1) is 0 Å². The van der Waals surface area contributed by atoms with Crippen LogP contribution < -0.4 is 5.32 Å². The van der Waals surface area contributed by atoms with Crippen molar-refractivity contribution >= 4 is 5.91 Å². The maximum Gasteiger partial charge on any atom is 0.271 e. The van der Waals surface area contributed by atoms with E-state index in [0.29, 0.717) is 23.0 Å². The Morgan fingerprint density at radius 1 is 1.23 bits per heavy atom. The molecule has 0 saturated heterocycles. The molecule has 0 unspecified atom stereocenters. The fourth-order valence-electron chi connectivity index (χ4n) is 4.20. The summed E-state index contributed by atoms with van der Waals surface area (Å²) in [5.74, 6) is 0.527. The lowest BCUT2D eigenvalue weighted by molar-refractivity contribution is 0.0939. The molecule has 4 nitrogen and oxygen atoms in total. The largest absolute Gasteiger partial charge is 0.351 e. The van der Waals surface area contributed by atoms with E-state index in [2.05, 4.69) is 14.9 Å². The fraction of sp³-hybridized carbons (Fsp3) is 0.583. The molecular formula is C24H33F2N3O. The molecule has 0 bridgehead atoms. The number of hydrogen-bond donors (Lipinski definition) is 1. The number of carbonyl (C=O) groups is 1. The number of imidazole rings is 1. The molecule has 2 aromatic rings. The van der Waals surface area contributed by atoms with E-state index < -0.39 is 5.67 Å². The molecule has 0 radical (unpaired) electrons. The Bertz CT molecular complexity index is 893. The molecule has 1 fully saturated rings. The van der Waals surface area contributed by atoms with Gasteiger partial charge in [-0.25, -0.2) is 13.8 Å². The Hall–Kier alpha value is -2.24. The van der Waals surface area contributed by atoms with Crippen LogP contribution in [0.2, 0.25) is 0 Å². The van der Waals surface area contributed by atoms with Gasteiger partial charge < -0.3 is 9.88 Å². The normalized spacial score (nSPS) is 15.4. The highest BCUT2D eigenvalue weighted by atomic mass is 19.1. The number of aromatic nitrogens is 2. The van der Waals surface area contributed by atoms with E-state index in [1.807, 2.05) is 13.8 Å². The third-order valence-electron chi connectivity index (χ3n) is 6.05. The first-order valence-corrected chi connectivity index (χ1v) is 11.0. The van der Waals surface area contributed by atoms with Gasteiger partial charge in [0.15, 0.2) is 0 Å². The molecule has 30 heavy (non-hydrogen) atoms. The lowest BCUT2D eigenvalue weighted by atomic mass is 9.89. The van der Waals surface area contributed by atoms with Crippen LogP contribution in [0.25, 0.3) is 11.4 Å². The minimum absolute atomic E-state index is 0.233. The van der Waals surface area contributed by atoms with E-state index in [1.165, 1.54) is 45.2 Å². The molecular weight excluding hydrogens is 384 g/mol. The number of benzene rings is 1. The quantitative estimate of drug-likeness (QED) is 0.623. The van der Waals surface area contributed by atoms with Crippen LogP contribution in [0.5, 0.6) is 0 Å². The van der Waals surface area contributed by atoms with Crippen molar-refractivity contribution < 1.29 is 13.6 Å². The smallest absolute Gasteiger partial charge is 0.271 e. The van der Waals surface area contributed by atoms with Crippen LogP contribution in [0, 0.1) is 25.6 Å². The van der Waals surface area contributed by atoms with Crippen LogP contribution in [0.4, 0.5) is 8.78 Å². The van der Waals surface area contributed by atoms with Gasteiger partial charge in [-0.3, -0.25) is 4.79 Å². The second-order valence-corrected chi connectivity index (χ2v) is 9.17. The van der Waals surface area contributed by atoms with Gasteiger partial charge in [-0.05, 0) is 70.6 Å². The minimum atomic E-state index is -1.34. The van der Waals surface area contributed by atoms with E-state index in [-0.39, 0.29) is 24.7 Å². The maximum absolute atomic E-state index is 14.0. The summed E-state index contributed by atoms with van der Waals surface area (Å²) in [6.07, 6.45) is 6.26. The van der Waals surface area contributed by atoms with Crippen LogP contribution in [-0.2, 0) is 6.54 Å². The number of hydrogen-bond acceptors (Lipinski definition) is 2. The molecule has 1 aromatic heterocycles. The predicted molar refractivity (Wildman–Crippen MR) is 116 cm³/mol. The summed E-state index contributed by atoms with van der Waals surface area (Å²) < 4.78 is 29.8. The number of alkyl halides is 1. The van der Waals surface area contributed by atoms with Crippen molar-refractivity contribution in [3.8, 4) is 11.4 Å². The van der Waals surface area contributed by atoms with Crippen molar-refractivity contribution in [3.63, 3.8) is 0 Å². The van der Waals surface area contributed by atoms with Gasteiger partial charge in [-0.15, -0.1) is 0 Å². The molecule has 1 aliphatic rings. The predicted octanol–water partition coefficient (Wildman–Crippen LogP) is 5.75. The van der Waals surface area contributed by atoms with E-state index in [0.717, 1.165) is 30.6 Å². The van der Waals surface area contributed by atoms with Gasteiger partial charge >= 0.3 is 0 Å². The first-order valence-electron chi connectivity index (χ1n) is 11.0. The number of amides is 1. The van der Waals surface area contributed by atoms with Gasteiger partial charge in [0.25, 0.3) is 5.91 Å². The van der Waals surface area contributed by atoms with Gasteiger partial charge in [0.1, 0.15) is 23.0 Å². The van der Waals surface area contributed by atoms with Crippen LogP contribution in [0.3, 0.4) is 0 Å². The molecule has 1 saturated carbocycles. The molecule has 3 rings (SSSR count). The van der Waals surface area contributed by atoms with Gasteiger partial charge in [-0.1, -0.05) is 25.3 Å². The highest BCUT2D eigenvalue weighted by Crippen LogP contribution is 2.31. The monoisotopic (exact) mass is 417 g/mol. The van der Waals surface area contributed by atoms with Gasteiger partial charge in [-0.2, -0.15) is 0 Å². The highest BCUT2D eigenvalue weighted by Gasteiger charge is 2.25. The van der Waals surface area contributed by atoms with Crippen molar-refractivity contribution in [1.29, 1.82) is 0 Å². The Balaban J connectivity index is 1.94. The summed E-state index contributed by atoms with van der Waals surface area (Å²) in [7, 11) is 0. The summed E-state index contributed by atoms with van der Waals surface area (Å²) in [5.41, 5.74) is 1.39. The van der Waals surface area contributed by atoms with Crippen LogP contribution in [0.1, 0.15) is 74.1 Å². The van der Waals surface area contributed by atoms with E-state index in [1.54, 1.807) is 6.07 Å². The van der Waals surface area contributed by atoms with Crippen LogP contribution in [0.15, 0.2) is 18.2 Å². The molecule has 1 amide bonds. The summed E-state index contributed by atoms with van der Waals surface area (Å²) in [5, 5.41) is 2.79. The van der Waals surface area contributed by atoms with Crippen LogP contribution >= 0.6 is 0 Å². The van der Waals surface area contributed by atoms with Crippen molar-refractivity contribution in [2.24, 2.45) is 5.92 Å². The highest BCUT2D eigenvalue weighted by molar-refractivity contribution is 5.94. The molecule has 1 N–H and O–H groups in total. The Morgan fingerprint density at radius 2 is 1.93 bits per heavy atom. The number of carbonyl (C=O) groups excluding carboxylic acids is 1. The standard InChI is InChI=1S/C24H33F2N3O/c1-16-10-11-19(25)14-20(16)22-28-21(23(30)27-13-12-24(3,4)26)17(2)29(22)15-18-8-6-5-7-9-18/h10-11,14,18H,5-9,12-13,15H2,1-4H3,(H,27,30). The molecule has 0 spiro atoms. The lowest BCUT2D eigenvalue weighted by Gasteiger charge is -2.24. The zero-order chi connectivity index (χ0) is 21.9. The van der Waals surface area contributed by atoms with E-state index in [9.17, 15) is 13.6 Å². The van der Waals surface area contributed by atoms with E-state index >= 15 is 0 Å². The SMILES string of the molecule is Cc1ccc(F)cc1-c1nc(C(=O)NCCC(C)(C)F)c(C)n1CC1CCCCC1. The van der Waals surface area contributed by atoms with Crippen LogP contribution in [-0.4, -0.2) is 27.7 Å². The first-order chi connectivity index (χ1) is 14.2. The fourth-order valence-corrected chi connectivity index (χ4v) is 4.20. The summed E-state index contributed by atoms with van der Waals surface area (Å²) >= 11 is 0. The molecule has 0 atom stereocenters. The second kappa shape index (κ2) is 9.27. The lowest BCUT2D eigenvalue weighted by Crippen LogP contribution is -2.29. The number of aryl methyl sites for hydroxylation is 1. The third kappa shape index (κ3) is 5.46. The molecule has 1 aliphatic carbocycles. The number of nitrogens with zero attached hydrogens (tertiary/aromatic N) is 2. The Kier molecular flexibility index (Phi) is 6.94. The van der Waals surface area contributed by atoms with Crippen molar-refractivity contribution in [3.05, 3.63) is 41.0 Å². The Labute approximate surface area is 178 Å². The number of rotatable bonds is 7. The van der Waals surface area contributed by atoms with Crippen molar-refractivity contribution in [2.75, 3.05) is 6.54 Å². The van der Waals surface area contributed by atoms with Gasteiger partial charge in [0.2, 0.25) is 0 Å². The zero-order valence-corrected chi connectivity index (χ0v) is 18.5. The minimum Gasteiger partial charge on any atom is -0.351 e. The molecule has 0 aliphatic heterocycles. The van der Waals surface area contributed by atoms with Crippen molar-refractivity contribution in [2.45, 2.75) is 78.4 Å². The average Bonchev–Trinajstić information content (AvgIpc) is 3.00. The van der Waals surface area contributed by atoms with E-state index in [4.69, 9.17) is 0 Å². The molecule has 164 valence electrons. The van der Waals surface area contributed by atoms with Gasteiger partial charge in [0, 0.05) is 24.3 Å². The first kappa shape index (κ1) is 22.4. The maximum atomic E-state index is 14.0. The zero-order valence-electron chi connectivity index (χ0n) is 18.5. The number of nitrogens with one attached hydrogen (secondary N) is 1. The van der Waals surface area contributed by atoms with Crippen molar-refractivity contribution in [1.82, 2.24) is 14.9 Å². The topological polar surface area (TPSA) is 46.9 Å². The number of halogens is 2. The molecule has 1 aromatic carbocycles. The molecule has 6 heteroatoms. The Morgan fingerprint density at radius 3 is 2.60 bits per heavy atom.